The molecular formula is C16H26O4. The zero-order valence-electron chi connectivity index (χ0n) is 12.3. The van der Waals surface area contributed by atoms with Gasteiger partial charge in [-0.05, 0) is 32.3 Å². The largest absolute Gasteiger partial charge is 0.460 e. The number of ether oxygens (including phenoxy) is 1. The Labute approximate surface area is 121 Å². The third-order valence-electron chi connectivity index (χ3n) is 3.62. The number of hydrogen-bond acceptors (Lipinski definition) is 4. The summed E-state index contributed by atoms with van der Waals surface area (Å²) in [5, 5.41) is 9.67. The minimum Gasteiger partial charge on any atom is -0.460 e. The summed E-state index contributed by atoms with van der Waals surface area (Å²) in [4.78, 5) is 23.1. The molecule has 0 aliphatic carbocycles. The maximum atomic E-state index is 11.6. The Bertz CT molecular complexity index is 335. The second-order valence-corrected chi connectivity index (χ2v) is 5.55. The topological polar surface area (TPSA) is 63.6 Å². The lowest BCUT2D eigenvalue weighted by Gasteiger charge is -2.12. The molecule has 2 atom stereocenters. The standard InChI is InChI=1S/C16H26O4/c1-13-9-7-5-3-2-4-6-8-10-14(17)15(18)11-12-16(19)20-13/h11-14,17H,2-10H2,1H3/b12-11-/t13-,14+/m1/s1. The first-order chi connectivity index (χ1) is 9.59. The number of esters is 1. The zero-order chi connectivity index (χ0) is 14.8. The number of rotatable bonds is 0. The molecule has 0 saturated heterocycles. The van der Waals surface area contributed by atoms with Crippen LogP contribution in [0.25, 0.3) is 0 Å². The minimum absolute atomic E-state index is 0.125. The van der Waals surface area contributed by atoms with Gasteiger partial charge in [-0.25, -0.2) is 4.79 Å². The van der Waals surface area contributed by atoms with E-state index in [0.717, 1.165) is 44.3 Å². The van der Waals surface area contributed by atoms with Crippen LogP contribution in [0.15, 0.2) is 12.2 Å². The van der Waals surface area contributed by atoms with Gasteiger partial charge >= 0.3 is 5.97 Å². The average Bonchev–Trinajstić information content (AvgIpc) is 2.41. The molecule has 20 heavy (non-hydrogen) atoms. The molecule has 1 aliphatic heterocycles. The summed E-state index contributed by atoms with van der Waals surface area (Å²) in [6.45, 7) is 1.87. The van der Waals surface area contributed by atoms with Gasteiger partial charge in [-0.2, -0.15) is 0 Å². The van der Waals surface area contributed by atoms with E-state index >= 15 is 0 Å². The monoisotopic (exact) mass is 282 g/mol. The van der Waals surface area contributed by atoms with Crippen molar-refractivity contribution in [3.8, 4) is 0 Å². The molecule has 0 fully saturated rings. The van der Waals surface area contributed by atoms with Crippen LogP contribution in [-0.2, 0) is 14.3 Å². The van der Waals surface area contributed by atoms with E-state index in [-0.39, 0.29) is 6.10 Å². The summed E-state index contributed by atoms with van der Waals surface area (Å²) < 4.78 is 5.18. The number of aliphatic hydroxyl groups is 1. The van der Waals surface area contributed by atoms with Gasteiger partial charge in [-0.15, -0.1) is 0 Å². The molecule has 0 radical (unpaired) electrons. The van der Waals surface area contributed by atoms with E-state index in [1.54, 1.807) is 0 Å². The number of ketones is 1. The third-order valence-corrected chi connectivity index (χ3v) is 3.62. The van der Waals surface area contributed by atoms with E-state index in [1.807, 2.05) is 6.92 Å². The predicted octanol–water partition coefficient (Wildman–Crippen LogP) is 2.93. The lowest BCUT2D eigenvalue weighted by Crippen LogP contribution is -2.19. The highest BCUT2D eigenvalue weighted by atomic mass is 16.5. The first-order valence-corrected chi connectivity index (χ1v) is 7.70. The highest BCUT2D eigenvalue weighted by Crippen LogP contribution is 2.13. The fourth-order valence-corrected chi connectivity index (χ4v) is 2.35. The zero-order valence-corrected chi connectivity index (χ0v) is 12.3. The van der Waals surface area contributed by atoms with Crippen molar-refractivity contribution in [2.75, 3.05) is 0 Å². The Morgan fingerprint density at radius 2 is 1.50 bits per heavy atom. The van der Waals surface area contributed by atoms with E-state index in [2.05, 4.69) is 0 Å². The van der Waals surface area contributed by atoms with E-state index in [4.69, 9.17) is 4.74 Å². The molecule has 0 aromatic carbocycles. The minimum atomic E-state index is -0.996. The summed E-state index contributed by atoms with van der Waals surface area (Å²) in [7, 11) is 0. The van der Waals surface area contributed by atoms with Gasteiger partial charge in [0.1, 0.15) is 6.10 Å². The molecule has 0 spiro atoms. The van der Waals surface area contributed by atoms with Crippen molar-refractivity contribution in [1.82, 2.24) is 0 Å². The summed E-state index contributed by atoms with van der Waals surface area (Å²) in [6, 6.07) is 0. The van der Waals surface area contributed by atoms with Gasteiger partial charge in [0.15, 0.2) is 5.78 Å². The number of carbonyl (C=O) groups excluding carboxylic acids is 2. The van der Waals surface area contributed by atoms with Crippen LogP contribution in [0.3, 0.4) is 0 Å². The van der Waals surface area contributed by atoms with Gasteiger partial charge in [0.25, 0.3) is 0 Å². The maximum Gasteiger partial charge on any atom is 0.331 e. The fraction of sp³-hybridized carbons (Fsp3) is 0.750. The van der Waals surface area contributed by atoms with E-state index in [9.17, 15) is 14.7 Å². The van der Waals surface area contributed by atoms with Crippen molar-refractivity contribution in [2.45, 2.75) is 76.9 Å². The molecule has 0 saturated carbocycles. The molecule has 0 amide bonds. The number of hydrogen-bond donors (Lipinski definition) is 1. The molecule has 114 valence electrons. The highest BCUT2D eigenvalue weighted by Gasteiger charge is 2.13. The van der Waals surface area contributed by atoms with Crippen LogP contribution in [0.1, 0.15) is 64.7 Å². The van der Waals surface area contributed by atoms with Crippen LogP contribution < -0.4 is 0 Å². The summed E-state index contributed by atoms with van der Waals surface area (Å²) in [5.41, 5.74) is 0. The quantitative estimate of drug-likeness (QED) is 0.694. The van der Waals surface area contributed by atoms with Gasteiger partial charge in [-0.3, -0.25) is 4.79 Å². The normalized spacial score (nSPS) is 29.7. The van der Waals surface area contributed by atoms with Gasteiger partial charge in [-0.1, -0.05) is 38.5 Å². The van der Waals surface area contributed by atoms with Crippen molar-refractivity contribution < 1.29 is 19.4 Å². The Hall–Kier alpha value is -1.16. The Kier molecular flexibility index (Phi) is 8.19. The number of cyclic esters (lactones) is 1. The molecule has 0 aromatic rings. The molecule has 1 heterocycles. The van der Waals surface area contributed by atoms with Gasteiger partial charge in [0.2, 0.25) is 0 Å². The van der Waals surface area contributed by atoms with Crippen molar-refractivity contribution in [2.24, 2.45) is 0 Å². The number of aliphatic hydroxyl groups excluding tert-OH is 1. The predicted molar refractivity (Wildman–Crippen MR) is 77.3 cm³/mol. The van der Waals surface area contributed by atoms with Gasteiger partial charge in [0.05, 0.1) is 6.10 Å². The molecule has 1 aliphatic rings. The van der Waals surface area contributed by atoms with E-state index < -0.39 is 17.9 Å². The molecule has 0 aromatic heterocycles. The molecule has 0 unspecified atom stereocenters. The second kappa shape index (κ2) is 9.70. The molecule has 4 heteroatoms. The highest BCUT2D eigenvalue weighted by molar-refractivity contribution is 5.98. The van der Waals surface area contributed by atoms with Gasteiger partial charge in [0, 0.05) is 6.08 Å². The maximum absolute atomic E-state index is 11.6. The van der Waals surface area contributed by atoms with E-state index in [0.29, 0.717) is 6.42 Å². The van der Waals surface area contributed by atoms with Crippen LogP contribution in [0, 0.1) is 0 Å². The SMILES string of the molecule is C[C@@H]1CCCCCCCCC[C@H](O)C(=O)/C=C\C(=O)O1. The van der Waals surface area contributed by atoms with Crippen LogP contribution in [0.5, 0.6) is 0 Å². The summed E-state index contributed by atoms with van der Waals surface area (Å²) in [5.74, 6) is -0.924. The summed E-state index contributed by atoms with van der Waals surface area (Å²) >= 11 is 0. The van der Waals surface area contributed by atoms with Crippen molar-refractivity contribution in [3.05, 3.63) is 12.2 Å². The first-order valence-electron chi connectivity index (χ1n) is 7.70. The van der Waals surface area contributed by atoms with Crippen LogP contribution in [0.4, 0.5) is 0 Å². The number of carbonyl (C=O) groups is 2. The molecule has 1 N–H and O–H groups in total. The summed E-state index contributed by atoms with van der Waals surface area (Å²) in [6.07, 6.45) is 10.1. The molecule has 4 nitrogen and oxygen atoms in total. The smallest absolute Gasteiger partial charge is 0.331 e. The lowest BCUT2D eigenvalue weighted by atomic mass is 10.0. The van der Waals surface area contributed by atoms with Crippen LogP contribution in [-0.4, -0.2) is 29.1 Å². The first kappa shape index (κ1) is 16.9. The third kappa shape index (κ3) is 7.43. The second-order valence-electron chi connectivity index (χ2n) is 5.55. The van der Waals surface area contributed by atoms with Crippen LogP contribution in [0.2, 0.25) is 0 Å². The van der Waals surface area contributed by atoms with E-state index in [1.165, 1.54) is 19.3 Å². The molecule has 1 rings (SSSR count). The molecular weight excluding hydrogens is 256 g/mol. The lowest BCUT2D eigenvalue weighted by molar-refractivity contribution is -0.142. The Morgan fingerprint density at radius 1 is 0.950 bits per heavy atom. The molecule has 0 bridgehead atoms. The van der Waals surface area contributed by atoms with Crippen molar-refractivity contribution in [1.29, 1.82) is 0 Å². The van der Waals surface area contributed by atoms with Crippen LogP contribution >= 0.6 is 0 Å². The van der Waals surface area contributed by atoms with Gasteiger partial charge < -0.3 is 9.84 Å². The van der Waals surface area contributed by atoms with Crippen molar-refractivity contribution in [3.63, 3.8) is 0 Å². The Morgan fingerprint density at radius 3 is 2.15 bits per heavy atom. The Balaban J connectivity index is 2.52. The van der Waals surface area contributed by atoms with Crippen molar-refractivity contribution >= 4 is 11.8 Å². The fourth-order valence-electron chi connectivity index (χ4n) is 2.35. The average molecular weight is 282 g/mol.